The van der Waals surface area contributed by atoms with Gasteiger partial charge in [-0.15, -0.1) is 0 Å². The fourth-order valence-corrected chi connectivity index (χ4v) is 4.45. The Morgan fingerprint density at radius 1 is 0.972 bits per heavy atom. The van der Waals surface area contributed by atoms with E-state index in [1.165, 1.54) is 0 Å². The van der Waals surface area contributed by atoms with Crippen LogP contribution in [-0.4, -0.2) is 50.7 Å². The second-order valence-corrected chi connectivity index (χ2v) is 10.8. The molecule has 0 bridgehead atoms. The first-order chi connectivity index (χ1) is 16.8. The minimum absolute atomic E-state index is 0.0832. The van der Waals surface area contributed by atoms with Crippen LogP contribution >= 0.6 is 0 Å². The van der Waals surface area contributed by atoms with Gasteiger partial charge in [0.05, 0.1) is 0 Å². The average Bonchev–Trinajstić information content (AvgIpc) is 2.83. The lowest BCUT2D eigenvalue weighted by Gasteiger charge is -2.26. The lowest BCUT2D eigenvalue weighted by atomic mass is 10.0. The Morgan fingerprint density at radius 2 is 1.47 bits per heavy atom. The Bertz CT molecular complexity index is 1090. The summed E-state index contributed by atoms with van der Waals surface area (Å²) in [5, 5.41) is 11.9. The number of benzene rings is 2. The molecule has 3 N–H and O–H groups in total. The molecule has 0 aliphatic heterocycles. The Balaban J connectivity index is 2.01. The molecule has 1 unspecified atom stereocenters. The van der Waals surface area contributed by atoms with E-state index in [1.807, 2.05) is 0 Å². The first kappa shape index (κ1) is 29.1. The molecule has 2 aromatic carbocycles. The third-order valence-electron chi connectivity index (χ3n) is 5.28. The highest BCUT2D eigenvalue weighted by Gasteiger charge is 2.49. The molecule has 0 aliphatic carbocycles. The van der Waals surface area contributed by atoms with E-state index in [0.717, 1.165) is 0 Å². The maximum absolute atomic E-state index is 12.9. The standard InChI is InChI=1S/C24H29F3N2O6S/c1-23(32,24(25,26)27)13-15-36(28,33)14-12-20(21(30)34-16-18-8-4-2-5-9-18)29-22(31)35-17-19-10-6-3-7-11-19/h2-11,20,28,32H,12-17H2,1H3,(H,29,31)/t20-,23+,36?/m0/s1. The number of carbonyl (C=O) groups is 2. The van der Waals surface area contributed by atoms with Gasteiger partial charge in [0, 0.05) is 21.2 Å². The smallest absolute Gasteiger partial charge is 0.416 e. The molecule has 8 nitrogen and oxygen atoms in total. The van der Waals surface area contributed by atoms with Gasteiger partial charge < -0.3 is 19.9 Å². The lowest BCUT2D eigenvalue weighted by Crippen LogP contribution is -2.44. The van der Waals surface area contributed by atoms with Crippen molar-refractivity contribution in [3.05, 3.63) is 71.8 Å². The number of esters is 1. The van der Waals surface area contributed by atoms with Crippen molar-refractivity contribution in [3.63, 3.8) is 0 Å². The number of amides is 1. The molecule has 1 amide bonds. The molecule has 0 saturated heterocycles. The molecule has 12 heteroatoms. The van der Waals surface area contributed by atoms with Gasteiger partial charge in [-0.1, -0.05) is 60.7 Å². The van der Waals surface area contributed by atoms with Crippen molar-refractivity contribution in [2.45, 2.75) is 50.8 Å². The fourth-order valence-electron chi connectivity index (χ4n) is 2.90. The Morgan fingerprint density at radius 3 is 1.97 bits per heavy atom. The minimum Gasteiger partial charge on any atom is -0.459 e. The predicted molar refractivity (Wildman–Crippen MR) is 126 cm³/mol. The molecule has 0 spiro atoms. The van der Waals surface area contributed by atoms with E-state index in [-0.39, 0.29) is 19.6 Å². The zero-order chi connectivity index (χ0) is 26.8. The van der Waals surface area contributed by atoms with Crippen LogP contribution in [0.4, 0.5) is 18.0 Å². The topological polar surface area (TPSA) is 126 Å². The summed E-state index contributed by atoms with van der Waals surface area (Å²) in [5.74, 6) is -2.14. The van der Waals surface area contributed by atoms with E-state index in [1.54, 1.807) is 60.7 Å². The predicted octanol–water partition coefficient (Wildman–Crippen LogP) is 4.17. The van der Waals surface area contributed by atoms with E-state index in [9.17, 15) is 32.1 Å². The van der Waals surface area contributed by atoms with E-state index in [4.69, 9.17) is 14.3 Å². The van der Waals surface area contributed by atoms with Crippen molar-refractivity contribution in [1.29, 1.82) is 4.78 Å². The lowest BCUT2D eigenvalue weighted by molar-refractivity contribution is -0.253. The first-order valence-electron chi connectivity index (χ1n) is 11.0. The molecule has 0 heterocycles. The number of nitrogens with one attached hydrogen (secondary N) is 2. The molecule has 0 radical (unpaired) electrons. The van der Waals surface area contributed by atoms with E-state index in [2.05, 4.69) is 5.32 Å². The van der Waals surface area contributed by atoms with Crippen LogP contribution < -0.4 is 5.32 Å². The first-order valence-corrected chi connectivity index (χ1v) is 12.9. The van der Waals surface area contributed by atoms with Gasteiger partial charge in [0.2, 0.25) is 0 Å². The average molecular weight is 531 g/mol. The third-order valence-corrected chi connectivity index (χ3v) is 7.04. The van der Waals surface area contributed by atoms with Crippen LogP contribution in [0.5, 0.6) is 0 Å². The van der Waals surface area contributed by atoms with Gasteiger partial charge in [0.1, 0.15) is 19.3 Å². The van der Waals surface area contributed by atoms with Crippen LogP contribution in [0.25, 0.3) is 0 Å². The van der Waals surface area contributed by atoms with Crippen molar-refractivity contribution < 1.29 is 41.5 Å². The molecule has 36 heavy (non-hydrogen) atoms. The van der Waals surface area contributed by atoms with Crippen molar-refractivity contribution >= 4 is 21.8 Å². The minimum atomic E-state index is -4.95. The highest BCUT2D eigenvalue weighted by Crippen LogP contribution is 2.33. The van der Waals surface area contributed by atoms with Gasteiger partial charge >= 0.3 is 18.2 Å². The van der Waals surface area contributed by atoms with Crippen molar-refractivity contribution in [2.75, 3.05) is 11.5 Å². The molecule has 0 fully saturated rings. The summed E-state index contributed by atoms with van der Waals surface area (Å²) < 4.78 is 69.4. The van der Waals surface area contributed by atoms with Crippen LogP contribution in [0.3, 0.4) is 0 Å². The van der Waals surface area contributed by atoms with Gasteiger partial charge in [0.15, 0.2) is 5.60 Å². The van der Waals surface area contributed by atoms with E-state index >= 15 is 0 Å². The molecule has 0 aromatic heterocycles. The van der Waals surface area contributed by atoms with Crippen LogP contribution in [-0.2, 0) is 37.2 Å². The zero-order valence-electron chi connectivity index (χ0n) is 19.6. The highest BCUT2D eigenvalue weighted by atomic mass is 32.2. The fraction of sp³-hybridized carbons (Fsp3) is 0.417. The van der Waals surface area contributed by atoms with Crippen LogP contribution in [0.2, 0.25) is 0 Å². The number of halogens is 3. The van der Waals surface area contributed by atoms with E-state index < -0.39 is 57.5 Å². The van der Waals surface area contributed by atoms with Gasteiger partial charge in [-0.25, -0.2) is 13.8 Å². The largest absolute Gasteiger partial charge is 0.459 e. The molecule has 198 valence electrons. The Kier molecular flexibility index (Phi) is 10.3. The van der Waals surface area contributed by atoms with E-state index in [0.29, 0.717) is 18.1 Å². The Labute approximate surface area is 207 Å². The summed E-state index contributed by atoms with van der Waals surface area (Å²) in [6.45, 7) is 0.346. The quantitative estimate of drug-likeness (QED) is 0.354. The SMILES string of the molecule is C[C@@](O)(CCS(=N)(=O)CC[C@H](NC(=O)OCc1ccccc1)C(=O)OCc1ccccc1)C(F)(F)F. The normalized spacial score (nSPS) is 15.7. The van der Waals surface area contributed by atoms with Crippen LogP contribution in [0.1, 0.15) is 30.9 Å². The van der Waals surface area contributed by atoms with Crippen molar-refractivity contribution in [3.8, 4) is 0 Å². The summed E-state index contributed by atoms with van der Waals surface area (Å²) in [7, 11) is -3.62. The summed E-state index contributed by atoms with van der Waals surface area (Å²) in [4.78, 5) is 24.9. The molecule has 0 saturated carbocycles. The molecular weight excluding hydrogens is 501 g/mol. The van der Waals surface area contributed by atoms with Gasteiger partial charge in [-0.2, -0.15) is 13.2 Å². The second-order valence-electron chi connectivity index (χ2n) is 8.38. The van der Waals surface area contributed by atoms with Gasteiger partial charge in [-0.3, -0.25) is 4.78 Å². The van der Waals surface area contributed by atoms with Crippen molar-refractivity contribution in [1.82, 2.24) is 5.32 Å². The number of rotatable bonds is 12. The van der Waals surface area contributed by atoms with Gasteiger partial charge in [-0.05, 0) is 30.9 Å². The maximum Gasteiger partial charge on any atom is 0.416 e. The van der Waals surface area contributed by atoms with Crippen LogP contribution in [0.15, 0.2) is 60.7 Å². The molecule has 3 atom stereocenters. The zero-order valence-corrected chi connectivity index (χ0v) is 20.4. The number of alkyl carbamates (subject to hydrolysis) is 1. The third kappa shape index (κ3) is 9.86. The second kappa shape index (κ2) is 12.7. The molecular formula is C24H29F3N2O6S. The van der Waals surface area contributed by atoms with Crippen molar-refractivity contribution in [2.24, 2.45) is 0 Å². The number of hydrogen-bond acceptors (Lipinski definition) is 7. The summed E-state index contributed by atoms with van der Waals surface area (Å²) in [6, 6.07) is 16.1. The summed E-state index contributed by atoms with van der Waals surface area (Å²) in [5.41, 5.74) is -1.74. The molecule has 0 aliphatic rings. The summed E-state index contributed by atoms with van der Waals surface area (Å²) >= 11 is 0. The summed E-state index contributed by atoms with van der Waals surface area (Å²) in [6.07, 6.45) is -7.20. The number of ether oxygens (including phenoxy) is 2. The number of alkyl halides is 3. The number of hydrogen-bond donors (Lipinski definition) is 3. The number of aliphatic hydroxyl groups is 1. The Hall–Kier alpha value is -3.12. The molecule has 2 aromatic rings. The monoisotopic (exact) mass is 530 g/mol. The van der Waals surface area contributed by atoms with Crippen LogP contribution in [0, 0.1) is 4.78 Å². The molecule has 2 rings (SSSR count). The maximum atomic E-state index is 12.9. The van der Waals surface area contributed by atoms with Gasteiger partial charge in [0.25, 0.3) is 0 Å². The highest BCUT2D eigenvalue weighted by molar-refractivity contribution is 7.92. The number of carbonyl (C=O) groups excluding carboxylic acids is 2.